The van der Waals surface area contributed by atoms with Crippen molar-refractivity contribution in [1.29, 1.82) is 0 Å². The predicted molar refractivity (Wildman–Crippen MR) is 61.3 cm³/mol. The van der Waals surface area contributed by atoms with E-state index in [0.29, 0.717) is 12.0 Å². The number of hydrogen-bond donors (Lipinski definition) is 0. The van der Waals surface area contributed by atoms with E-state index in [0.717, 1.165) is 10.6 Å². The second kappa shape index (κ2) is 4.42. The van der Waals surface area contributed by atoms with Gasteiger partial charge in [-0.3, -0.25) is 15.0 Å². The third-order valence-corrected chi connectivity index (χ3v) is 3.73. The van der Waals surface area contributed by atoms with Gasteiger partial charge in [-0.05, 0) is 17.5 Å². The molecule has 20 heavy (non-hydrogen) atoms. The highest BCUT2D eigenvalue weighted by molar-refractivity contribution is 5.34. The number of nitrogens with zero attached hydrogens (tertiary/aromatic N) is 2. The van der Waals surface area contributed by atoms with E-state index in [1.54, 1.807) is 24.3 Å². The lowest BCUT2D eigenvalue weighted by molar-refractivity contribution is -0.538. The minimum absolute atomic E-state index is 0.221. The van der Waals surface area contributed by atoms with Crippen LogP contribution in [0.3, 0.4) is 0 Å². The van der Waals surface area contributed by atoms with Crippen LogP contribution in [0.15, 0.2) is 24.3 Å². The fourth-order valence-electron chi connectivity index (χ4n) is 2.90. The van der Waals surface area contributed by atoms with Crippen LogP contribution in [0.2, 0.25) is 0 Å². The molecule has 5 nitrogen and oxygen atoms in total. The van der Waals surface area contributed by atoms with Gasteiger partial charge in [-0.1, -0.05) is 24.3 Å². The highest BCUT2D eigenvalue weighted by atomic mass is 19.4. The fraction of sp³-hybridized carbons (Fsp3) is 0.500. The zero-order chi connectivity index (χ0) is 14.5. The van der Waals surface area contributed by atoms with Crippen molar-refractivity contribution in [3.8, 4) is 0 Å². The first-order chi connectivity index (χ1) is 9.39. The van der Waals surface area contributed by atoms with E-state index >= 15 is 0 Å². The maximum atomic E-state index is 12.9. The van der Waals surface area contributed by atoms with E-state index in [1.165, 1.54) is 0 Å². The summed E-state index contributed by atoms with van der Waals surface area (Å²) in [5.74, 6) is 0. The first-order valence-corrected chi connectivity index (χ1v) is 6.11. The summed E-state index contributed by atoms with van der Waals surface area (Å²) in [5, 5.41) is 12.2. The normalized spacial score (nSPS) is 29.9. The van der Waals surface area contributed by atoms with Gasteiger partial charge in [0.05, 0.1) is 0 Å². The Bertz CT molecular complexity index is 549. The summed E-state index contributed by atoms with van der Waals surface area (Å²) in [4.78, 5) is 15.1. The Hall–Kier alpha value is -1.67. The van der Waals surface area contributed by atoms with Gasteiger partial charge >= 0.3 is 6.18 Å². The molecule has 0 bridgehead atoms. The molecule has 0 aliphatic carbocycles. The van der Waals surface area contributed by atoms with E-state index in [2.05, 4.69) is 0 Å². The van der Waals surface area contributed by atoms with Crippen molar-refractivity contribution in [2.24, 2.45) is 0 Å². The van der Waals surface area contributed by atoms with Gasteiger partial charge in [0.1, 0.15) is 6.04 Å². The summed E-state index contributed by atoms with van der Waals surface area (Å²) in [6.07, 6.45) is -6.64. The van der Waals surface area contributed by atoms with E-state index in [4.69, 9.17) is 4.84 Å². The van der Waals surface area contributed by atoms with Crippen LogP contribution in [0.25, 0.3) is 0 Å². The Kier molecular flexibility index (Phi) is 2.94. The van der Waals surface area contributed by atoms with Crippen molar-refractivity contribution < 1.29 is 22.9 Å². The SMILES string of the molecule is O=[N+]([O-])[C@H]1[C@H]2c3ccccc3CCN2O[C@@H]1C(F)(F)F. The highest BCUT2D eigenvalue weighted by Crippen LogP contribution is 2.45. The molecule has 108 valence electrons. The molecule has 8 heteroatoms. The largest absolute Gasteiger partial charge is 0.423 e. The Morgan fingerprint density at radius 1 is 1.35 bits per heavy atom. The molecule has 0 radical (unpaired) electrons. The van der Waals surface area contributed by atoms with Gasteiger partial charge in [-0.2, -0.15) is 18.2 Å². The molecule has 1 fully saturated rings. The minimum Gasteiger partial charge on any atom is -0.278 e. The Morgan fingerprint density at radius 2 is 2.05 bits per heavy atom. The number of benzene rings is 1. The van der Waals surface area contributed by atoms with Crippen LogP contribution in [0.4, 0.5) is 13.2 Å². The molecule has 3 atom stereocenters. The van der Waals surface area contributed by atoms with E-state index in [9.17, 15) is 23.3 Å². The number of rotatable bonds is 1. The van der Waals surface area contributed by atoms with Gasteiger partial charge < -0.3 is 0 Å². The van der Waals surface area contributed by atoms with Gasteiger partial charge in [0.2, 0.25) is 6.10 Å². The van der Waals surface area contributed by atoms with Crippen molar-refractivity contribution in [2.45, 2.75) is 30.8 Å². The summed E-state index contributed by atoms with van der Waals surface area (Å²) in [7, 11) is 0. The summed E-state index contributed by atoms with van der Waals surface area (Å²) >= 11 is 0. The molecular weight excluding hydrogens is 277 g/mol. The van der Waals surface area contributed by atoms with Gasteiger partial charge in [-0.25, -0.2) is 0 Å². The standard InChI is InChI=1S/C12H11F3N2O3/c13-12(14,15)11-10(17(18)19)9-8-4-2-1-3-7(8)5-6-16(9)20-11/h1-4,9-11H,5-6H2/t9-,10+,11+/m1/s1. The summed E-state index contributed by atoms with van der Waals surface area (Å²) < 4.78 is 38.8. The van der Waals surface area contributed by atoms with Crippen molar-refractivity contribution in [1.82, 2.24) is 5.06 Å². The second-order valence-corrected chi connectivity index (χ2v) is 4.88. The van der Waals surface area contributed by atoms with Crippen LogP contribution in [-0.4, -0.2) is 34.9 Å². The number of hydrogen-bond acceptors (Lipinski definition) is 4. The fourth-order valence-corrected chi connectivity index (χ4v) is 2.90. The molecule has 0 unspecified atom stereocenters. The molecule has 0 N–H and O–H groups in total. The zero-order valence-corrected chi connectivity index (χ0v) is 10.2. The lowest BCUT2D eigenvalue weighted by atomic mass is 9.89. The third-order valence-electron chi connectivity index (χ3n) is 3.73. The molecule has 3 rings (SSSR count). The number of nitro groups is 1. The number of alkyl halides is 3. The lowest BCUT2D eigenvalue weighted by Crippen LogP contribution is -2.43. The first-order valence-electron chi connectivity index (χ1n) is 6.11. The smallest absolute Gasteiger partial charge is 0.278 e. The maximum Gasteiger partial charge on any atom is 0.423 e. The van der Waals surface area contributed by atoms with Gasteiger partial charge in [0.15, 0.2) is 0 Å². The molecule has 0 amide bonds. The molecule has 1 saturated heterocycles. The molecule has 0 saturated carbocycles. The van der Waals surface area contributed by atoms with E-state index in [1.807, 2.05) is 0 Å². The van der Waals surface area contributed by atoms with Crippen molar-refractivity contribution in [3.63, 3.8) is 0 Å². The number of halogens is 3. The second-order valence-electron chi connectivity index (χ2n) is 4.88. The van der Waals surface area contributed by atoms with Gasteiger partial charge in [0, 0.05) is 11.5 Å². The van der Waals surface area contributed by atoms with Crippen molar-refractivity contribution in [2.75, 3.05) is 6.54 Å². The molecule has 2 aliphatic rings. The number of fused-ring (bicyclic) bond motifs is 3. The molecule has 1 aromatic rings. The molecule has 0 aromatic heterocycles. The Morgan fingerprint density at radius 3 is 2.70 bits per heavy atom. The molecule has 0 spiro atoms. The van der Waals surface area contributed by atoms with Crippen LogP contribution in [-0.2, 0) is 11.3 Å². The Labute approximate surface area is 112 Å². The summed E-state index contributed by atoms with van der Waals surface area (Å²) in [6.45, 7) is 0.221. The van der Waals surface area contributed by atoms with Gasteiger partial charge in [0.25, 0.3) is 6.04 Å². The van der Waals surface area contributed by atoms with Crippen LogP contribution in [0.5, 0.6) is 0 Å². The maximum absolute atomic E-state index is 12.9. The number of hydroxylamine groups is 2. The topological polar surface area (TPSA) is 55.6 Å². The Balaban J connectivity index is 2.06. The minimum atomic E-state index is -4.76. The summed E-state index contributed by atoms with van der Waals surface area (Å²) in [6, 6.07) is 4.03. The average molecular weight is 288 g/mol. The van der Waals surface area contributed by atoms with Crippen LogP contribution >= 0.6 is 0 Å². The predicted octanol–water partition coefficient (Wildman–Crippen LogP) is 2.11. The quantitative estimate of drug-likeness (QED) is 0.586. The monoisotopic (exact) mass is 288 g/mol. The zero-order valence-electron chi connectivity index (χ0n) is 10.2. The molecular formula is C12H11F3N2O3. The summed E-state index contributed by atoms with van der Waals surface area (Å²) in [5.41, 5.74) is 1.39. The van der Waals surface area contributed by atoms with Crippen LogP contribution in [0, 0.1) is 10.1 Å². The van der Waals surface area contributed by atoms with Gasteiger partial charge in [-0.15, -0.1) is 0 Å². The van der Waals surface area contributed by atoms with E-state index < -0.39 is 29.3 Å². The van der Waals surface area contributed by atoms with Crippen LogP contribution < -0.4 is 0 Å². The van der Waals surface area contributed by atoms with Crippen molar-refractivity contribution >= 4 is 0 Å². The van der Waals surface area contributed by atoms with Crippen molar-refractivity contribution in [3.05, 3.63) is 45.5 Å². The third kappa shape index (κ3) is 1.95. The van der Waals surface area contributed by atoms with Crippen LogP contribution in [0.1, 0.15) is 17.2 Å². The van der Waals surface area contributed by atoms with E-state index in [-0.39, 0.29) is 6.54 Å². The molecule has 2 heterocycles. The highest BCUT2D eigenvalue weighted by Gasteiger charge is 2.63. The lowest BCUT2D eigenvalue weighted by Gasteiger charge is -2.29. The molecule has 2 aliphatic heterocycles. The molecule has 1 aromatic carbocycles. The average Bonchev–Trinajstić information content (AvgIpc) is 2.78. The first kappa shape index (κ1) is 13.3.